The number of benzene rings is 1. The highest BCUT2D eigenvalue weighted by molar-refractivity contribution is 7.16. The van der Waals surface area contributed by atoms with Crippen molar-refractivity contribution < 1.29 is 18.7 Å². The number of esters is 1. The highest BCUT2D eigenvalue weighted by Gasteiger charge is 2.16. The number of fused-ring (bicyclic) bond motifs is 1. The van der Waals surface area contributed by atoms with Crippen LogP contribution in [-0.4, -0.2) is 32.6 Å². The second-order valence-electron chi connectivity index (χ2n) is 4.99. The van der Waals surface area contributed by atoms with Crippen LogP contribution in [0, 0.1) is 12.7 Å². The van der Waals surface area contributed by atoms with Crippen LogP contribution in [0.2, 0.25) is 0 Å². The van der Waals surface area contributed by atoms with Crippen LogP contribution in [0.4, 0.5) is 4.39 Å². The normalized spacial score (nSPS) is 11.9. The van der Waals surface area contributed by atoms with Crippen molar-refractivity contribution in [1.82, 2.24) is 14.2 Å². The number of ether oxygens (including phenoxy) is 1. The average molecular weight is 380 g/mol. The van der Waals surface area contributed by atoms with Crippen molar-refractivity contribution in [2.45, 2.75) is 20.4 Å². The van der Waals surface area contributed by atoms with E-state index in [2.05, 4.69) is 14.6 Å². The molecule has 1 amide bonds. The summed E-state index contributed by atoms with van der Waals surface area (Å²) in [5.41, 5.74) is 1.09. The van der Waals surface area contributed by atoms with Gasteiger partial charge in [0.15, 0.2) is 4.80 Å². The second-order valence-corrected chi connectivity index (χ2v) is 6.76. The van der Waals surface area contributed by atoms with Gasteiger partial charge in [0, 0.05) is 0 Å². The first-order valence-electron chi connectivity index (χ1n) is 7.32. The smallest absolute Gasteiger partial charge is 0.326 e. The summed E-state index contributed by atoms with van der Waals surface area (Å²) < 4.78 is 24.3. The number of hydrogen-bond acceptors (Lipinski definition) is 7. The summed E-state index contributed by atoms with van der Waals surface area (Å²) in [6, 6.07) is 4.17. The van der Waals surface area contributed by atoms with Crippen molar-refractivity contribution >= 4 is 45.0 Å². The zero-order chi connectivity index (χ0) is 18.0. The number of aryl methyl sites for hydroxylation is 1. The fourth-order valence-corrected chi connectivity index (χ4v) is 3.78. The van der Waals surface area contributed by atoms with Crippen molar-refractivity contribution in [3.05, 3.63) is 39.4 Å². The van der Waals surface area contributed by atoms with E-state index in [0.717, 1.165) is 22.9 Å². The molecule has 0 fully saturated rings. The molecule has 0 bridgehead atoms. The molecule has 0 atom stereocenters. The Morgan fingerprint density at radius 2 is 2.20 bits per heavy atom. The van der Waals surface area contributed by atoms with Gasteiger partial charge in [-0.05, 0) is 43.6 Å². The van der Waals surface area contributed by atoms with Crippen LogP contribution in [0.25, 0.3) is 10.2 Å². The Labute approximate surface area is 149 Å². The molecule has 0 aliphatic carbocycles. The van der Waals surface area contributed by atoms with Crippen molar-refractivity contribution in [3.63, 3.8) is 0 Å². The van der Waals surface area contributed by atoms with E-state index >= 15 is 0 Å². The molecule has 0 unspecified atom stereocenters. The largest absolute Gasteiger partial charge is 0.465 e. The van der Waals surface area contributed by atoms with Gasteiger partial charge in [0.1, 0.15) is 17.2 Å². The Kier molecular flexibility index (Phi) is 5.00. The standard InChI is InChI=1S/C15H13FN4O3S2/c1-3-23-12(21)7-20-10-5-4-9(16)6-11(10)24-15(20)17-14(22)13-8(2)18-19-25-13/h4-6H,3,7H2,1-2H3. The first-order valence-corrected chi connectivity index (χ1v) is 8.91. The van der Waals surface area contributed by atoms with Crippen LogP contribution in [0.5, 0.6) is 0 Å². The first kappa shape index (κ1) is 17.4. The number of hydrogen-bond donors (Lipinski definition) is 0. The molecular formula is C15H13FN4O3S2. The molecule has 10 heteroatoms. The molecule has 7 nitrogen and oxygen atoms in total. The quantitative estimate of drug-likeness (QED) is 0.648. The van der Waals surface area contributed by atoms with E-state index in [9.17, 15) is 14.0 Å². The Bertz CT molecular complexity index is 1020. The van der Waals surface area contributed by atoms with Gasteiger partial charge in [-0.1, -0.05) is 15.8 Å². The van der Waals surface area contributed by atoms with Gasteiger partial charge in [0.2, 0.25) is 0 Å². The molecule has 0 aliphatic rings. The SMILES string of the molecule is CCOC(=O)Cn1c(=NC(=O)c2snnc2C)sc2cc(F)ccc21. The number of rotatable bonds is 4. The fourth-order valence-electron chi connectivity index (χ4n) is 2.19. The van der Waals surface area contributed by atoms with Gasteiger partial charge >= 0.3 is 5.97 Å². The van der Waals surface area contributed by atoms with E-state index in [1.807, 2.05) is 0 Å². The molecule has 1 aromatic carbocycles. The summed E-state index contributed by atoms with van der Waals surface area (Å²) in [5.74, 6) is -1.37. The van der Waals surface area contributed by atoms with Gasteiger partial charge in [-0.15, -0.1) is 5.10 Å². The minimum atomic E-state index is -0.503. The van der Waals surface area contributed by atoms with E-state index in [4.69, 9.17) is 4.74 Å². The minimum absolute atomic E-state index is 0.120. The van der Waals surface area contributed by atoms with Crippen molar-refractivity contribution in [3.8, 4) is 0 Å². The van der Waals surface area contributed by atoms with E-state index in [1.165, 1.54) is 12.1 Å². The van der Waals surface area contributed by atoms with Crippen LogP contribution >= 0.6 is 22.9 Å². The lowest BCUT2D eigenvalue weighted by Gasteiger charge is -2.04. The Morgan fingerprint density at radius 3 is 2.88 bits per heavy atom. The maximum absolute atomic E-state index is 13.5. The number of thiazole rings is 1. The third-order valence-corrected chi connectivity index (χ3v) is 5.14. The Balaban J connectivity index is 2.12. The number of amides is 1. The van der Waals surface area contributed by atoms with E-state index in [1.54, 1.807) is 24.5 Å². The van der Waals surface area contributed by atoms with Crippen LogP contribution in [0.3, 0.4) is 0 Å². The summed E-state index contributed by atoms with van der Waals surface area (Å²) in [4.78, 5) is 28.9. The number of carbonyl (C=O) groups is 2. The van der Waals surface area contributed by atoms with E-state index in [0.29, 0.717) is 20.8 Å². The number of carbonyl (C=O) groups excluding carboxylic acids is 2. The molecule has 3 rings (SSSR count). The summed E-state index contributed by atoms with van der Waals surface area (Å²) in [7, 11) is 0. The van der Waals surface area contributed by atoms with Crippen molar-refractivity contribution in [2.24, 2.45) is 4.99 Å². The molecule has 0 aliphatic heterocycles. The molecule has 0 N–H and O–H groups in total. The highest BCUT2D eigenvalue weighted by Crippen LogP contribution is 2.19. The van der Waals surface area contributed by atoms with Crippen molar-refractivity contribution in [2.75, 3.05) is 6.61 Å². The number of aromatic nitrogens is 3. The molecule has 2 heterocycles. The second kappa shape index (κ2) is 7.19. The molecule has 25 heavy (non-hydrogen) atoms. The third kappa shape index (κ3) is 3.64. The van der Waals surface area contributed by atoms with Crippen LogP contribution in [-0.2, 0) is 16.1 Å². The van der Waals surface area contributed by atoms with Crippen LogP contribution < -0.4 is 4.80 Å². The lowest BCUT2D eigenvalue weighted by atomic mass is 10.3. The molecule has 0 saturated carbocycles. The zero-order valence-electron chi connectivity index (χ0n) is 13.4. The van der Waals surface area contributed by atoms with Gasteiger partial charge in [-0.3, -0.25) is 9.59 Å². The maximum Gasteiger partial charge on any atom is 0.326 e. The van der Waals surface area contributed by atoms with Gasteiger partial charge in [0.25, 0.3) is 5.91 Å². The predicted molar refractivity (Wildman–Crippen MR) is 90.9 cm³/mol. The molecule has 0 radical (unpaired) electrons. The molecule has 0 spiro atoms. The topological polar surface area (TPSA) is 86.4 Å². The highest BCUT2D eigenvalue weighted by atomic mass is 32.1. The van der Waals surface area contributed by atoms with Gasteiger partial charge in [-0.2, -0.15) is 4.99 Å². The molecule has 2 aromatic heterocycles. The number of halogens is 1. The molecule has 0 saturated heterocycles. The maximum atomic E-state index is 13.5. The summed E-state index contributed by atoms with van der Waals surface area (Å²) >= 11 is 2.07. The van der Waals surface area contributed by atoms with Gasteiger partial charge in [-0.25, -0.2) is 4.39 Å². The monoisotopic (exact) mass is 380 g/mol. The average Bonchev–Trinajstić information content (AvgIpc) is 3.11. The van der Waals surface area contributed by atoms with E-state index < -0.39 is 17.7 Å². The van der Waals surface area contributed by atoms with E-state index in [-0.39, 0.29) is 18.0 Å². The lowest BCUT2D eigenvalue weighted by molar-refractivity contribution is -0.143. The molecular weight excluding hydrogens is 367 g/mol. The van der Waals surface area contributed by atoms with Crippen molar-refractivity contribution in [1.29, 1.82) is 0 Å². The van der Waals surface area contributed by atoms with Gasteiger partial charge < -0.3 is 9.30 Å². The lowest BCUT2D eigenvalue weighted by Crippen LogP contribution is -2.23. The number of nitrogens with zero attached hydrogens (tertiary/aromatic N) is 4. The first-order chi connectivity index (χ1) is 12.0. The van der Waals surface area contributed by atoms with Crippen LogP contribution in [0.15, 0.2) is 23.2 Å². The predicted octanol–water partition coefficient (Wildman–Crippen LogP) is 2.31. The Morgan fingerprint density at radius 1 is 1.40 bits per heavy atom. The Hall–Kier alpha value is -2.46. The van der Waals surface area contributed by atoms with Gasteiger partial charge in [0.05, 0.1) is 22.5 Å². The van der Waals surface area contributed by atoms with Crippen LogP contribution in [0.1, 0.15) is 22.3 Å². The fraction of sp³-hybridized carbons (Fsp3) is 0.267. The zero-order valence-corrected chi connectivity index (χ0v) is 15.0. The molecule has 3 aromatic rings. The third-order valence-electron chi connectivity index (χ3n) is 3.28. The summed E-state index contributed by atoms with van der Waals surface area (Å²) in [5, 5.41) is 3.79. The summed E-state index contributed by atoms with van der Waals surface area (Å²) in [6.07, 6.45) is 0. The molecule has 130 valence electrons. The minimum Gasteiger partial charge on any atom is -0.465 e. The summed E-state index contributed by atoms with van der Waals surface area (Å²) in [6.45, 7) is 3.50.